The fourth-order valence-corrected chi connectivity index (χ4v) is 0.920. The third-order valence-electron chi connectivity index (χ3n) is 1.71. The summed E-state index contributed by atoms with van der Waals surface area (Å²) in [5.41, 5.74) is 1.53. The van der Waals surface area contributed by atoms with Crippen LogP contribution in [0.1, 0.15) is 15.9 Å². The van der Waals surface area contributed by atoms with Gasteiger partial charge in [0, 0.05) is 12.6 Å². The normalized spacial score (nSPS) is 9.38. The van der Waals surface area contributed by atoms with Gasteiger partial charge in [0.1, 0.15) is 0 Å². The first-order valence-corrected chi connectivity index (χ1v) is 3.83. The zero-order chi connectivity index (χ0) is 9.84. The first-order valence-electron chi connectivity index (χ1n) is 3.83. The van der Waals surface area contributed by atoms with Crippen molar-refractivity contribution < 1.29 is 4.79 Å². The zero-order valence-corrected chi connectivity index (χ0v) is 7.52. The standard InChI is InChI=1S/C9H10N2O2/c1-7-3-5-8(6-4-7)9(12)11(2)10-13/h3-6H,1-2H3. The maximum Gasteiger partial charge on any atom is 0.276 e. The Bertz CT molecular complexity index is 319. The molecule has 0 N–H and O–H groups in total. The minimum Gasteiger partial charge on any atom is -0.267 e. The third kappa shape index (κ3) is 2.11. The average Bonchev–Trinajstić information content (AvgIpc) is 2.17. The molecule has 0 aliphatic carbocycles. The Kier molecular flexibility index (Phi) is 2.74. The number of aryl methyl sites for hydroxylation is 1. The highest BCUT2D eigenvalue weighted by molar-refractivity contribution is 5.93. The van der Waals surface area contributed by atoms with E-state index in [9.17, 15) is 9.70 Å². The van der Waals surface area contributed by atoms with E-state index in [1.54, 1.807) is 12.1 Å². The third-order valence-corrected chi connectivity index (χ3v) is 1.71. The van der Waals surface area contributed by atoms with Gasteiger partial charge >= 0.3 is 0 Å². The summed E-state index contributed by atoms with van der Waals surface area (Å²) < 4.78 is 0. The minimum atomic E-state index is -0.394. The van der Waals surface area contributed by atoms with Gasteiger partial charge in [-0.3, -0.25) is 4.79 Å². The predicted octanol–water partition coefficient (Wildman–Crippen LogP) is 1.75. The largest absolute Gasteiger partial charge is 0.276 e. The van der Waals surface area contributed by atoms with Gasteiger partial charge in [-0.25, -0.2) is 0 Å². The highest BCUT2D eigenvalue weighted by atomic mass is 16.3. The number of hydrogen-bond donors (Lipinski definition) is 0. The molecule has 4 heteroatoms. The van der Waals surface area contributed by atoms with Crippen molar-refractivity contribution in [1.29, 1.82) is 0 Å². The molecule has 1 aromatic rings. The molecule has 0 unspecified atom stereocenters. The second kappa shape index (κ2) is 3.80. The van der Waals surface area contributed by atoms with Crippen LogP contribution in [0.2, 0.25) is 0 Å². The highest BCUT2D eigenvalue weighted by Gasteiger charge is 2.10. The smallest absolute Gasteiger partial charge is 0.267 e. The SMILES string of the molecule is Cc1ccc(C(=O)N(C)N=O)cc1. The van der Waals surface area contributed by atoms with Gasteiger partial charge in [-0.15, -0.1) is 4.91 Å². The minimum absolute atomic E-state index is 0.394. The average molecular weight is 178 g/mol. The second-order valence-corrected chi connectivity index (χ2v) is 2.78. The zero-order valence-electron chi connectivity index (χ0n) is 7.52. The van der Waals surface area contributed by atoms with Gasteiger partial charge < -0.3 is 0 Å². The summed E-state index contributed by atoms with van der Waals surface area (Å²) in [5, 5.41) is 3.29. The summed E-state index contributed by atoms with van der Waals surface area (Å²) in [4.78, 5) is 21.4. The van der Waals surface area contributed by atoms with Gasteiger partial charge in [0.2, 0.25) is 0 Å². The van der Waals surface area contributed by atoms with Crippen LogP contribution in [0.4, 0.5) is 0 Å². The molecule has 0 heterocycles. The Hall–Kier alpha value is -1.71. The van der Waals surface area contributed by atoms with E-state index in [0.717, 1.165) is 10.6 Å². The van der Waals surface area contributed by atoms with Crippen molar-refractivity contribution in [3.8, 4) is 0 Å². The molecule has 4 nitrogen and oxygen atoms in total. The van der Waals surface area contributed by atoms with Gasteiger partial charge in [-0.1, -0.05) is 17.7 Å². The number of benzene rings is 1. The lowest BCUT2D eigenvalue weighted by atomic mass is 10.1. The topological polar surface area (TPSA) is 49.7 Å². The Morgan fingerprint density at radius 3 is 2.31 bits per heavy atom. The molecule has 0 aromatic heterocycles. The highest BCUT2D eigenvalue weighted by Crippen LogP contribution is 2.05. The first-order chi connectivity index (χ1) is 6.15. The van der Waals surface area contributed by atoms with Crippen LogP contribution in [0.3, 0.4) is 0 Å². The number of hydrogen-bond acceptors (Lipinski definition) is 3. The molecule has 1 rings (SSSR count). The molecule has 68 valence electrons. The second-order valence-electron chi connectivity index (χ2n) is 2.78. The van der Waals surface area contributed by atoms with Crippen LogP contribution < -0.4 is 0 Å². The summed E-state index contributed by atoms with van der Waals surface area (Å²) in [7, 11) is 1.33. The van der Waals surface area contributed by atoms with Gasteiger partial charge in [-0.2, -0.15) is 5.01 Å². The van der Waals surface area contributed by atoms with Crippen LogP contribution in [0.5, 0.6) is 0 Å². The maximum absolute atomic E-state index is 11.3. The van der Waals surface area contributed by atoms with Crippen molar-refractivity contribution >= 4 is 5.91 Å². The van der Waals surface area contributed by atoms with Crippen molar-refractivity contribution in [3.63, 3.8) is 0 Å². The van der Waals surface area contributed by atoms with E-state index in [1.807, 2.05) is 19.1 Å². The Morgan fingerprint density at radius 1 is 1.31 bits per heavy atom. The quantitative estimate of drug-likeness (QED) is 0.511. The van der Waals surface area contributed by atoms with Crippen molar-refractivity contribution in [3.05, 3.63) is 40.3 Å². The molecule has 0 spiro atoms. The summed E-state index contributed by atoms with van der Waals surface area (Å²) in [6, 6.07) is 6.95. The fourth-order valence-electron chi connectivity index (χ4n) is 0.920. The van der Waals surface area contributed by atoms with E-state index < -0.39 is 5.91 Å². The molecule has 0 bridgehead atoms. The lowest BCUT2D eigenvalue weighted by molar-refractivity contribution is 0.0797. The van der Waals surface area contributed by atoms with Crippen LogP contribution in [-0.2, 0) is 0 Å². The molecule has 1 aromatic carbocycles. The molecule has 0 fully saturated rings. The molecule has 13 heavy (non-hydrogen) atoms. The number of nitrogens with zero attached hydrogens (tertiary/aromatic N) is 2. The number of amides is 1. The molecule has 0 radical (unpaired) electrons. The van der Waals surface area contributed by atoms with Crippen LogP contribution in [0.15, 0.2) is 29.6 Å². The summed E-state index contributed by atoms with van der Waals surface area (Å²) >= 11 is 0. The molecule has 0 saturated carbocycles. The van der Waals surface area contributed by atoms with E-state index >= 15 is 0 Å². The van der Waals surface area contributed by atoms with Crippen molar-refractivity contribution in [2.45, 2.75) is 6.92 Å². The predicted molar refractivity (Wildman–Crippen MR) is 49.1 cm³/mol. The number of nitroso groups, excluding NO2 is 1. The lowest BCUT2D eigenvalue weighted by Crippen LogP contribution is -2.20. The van der Waals surface area contributed by atoms with Gasteiger partial charge in [-0.05, 0) is 19.1 Å². The Labute approximate surface area is 76.1 Å². The van der Waals surface area contributed by atoms with Crippen molar-refractivity contribution in [2.75, 3.05) is 7.05 Å². The van der Waals surface area contributed by atoms with Gasteiger partial charge in [0.15, 0.2) is 0 Å². The van der Waals surface area contributed by atoms with E-state index in [4.69, 9.17) is 0 Å². The molecule has 0 atom stereocenters. The van der Waals surface area contributed by atoms with Gasteiger partial charge in [0.25, 0.3) is 5.91 Å². The van der Waals surface area contributed by atoms with E-state index in [2.05, 4.69) is 5.29 Å². The Balaban J connectivity index is 2.89. The lowest BCUT2D eigenvalue weighted by Gasteiger charge is -2.06. The molecule has 0 aliphatic rings. The molecular weight excluding hydrogens is 168 g/mol. The van der Waals surface area contributed by atoms with Crippen LogP contribution >= 0.6 is 0 Å². The summed E-state index contributed by atoms with van der Waals surface area (Å²) in [6.45, 7) is 1.93. The van der Waals surface area contributed by atoms with Gasteiger partial charge in [0.05, 0.1) is 5.29 Å². The Morgan fingerprint density at radius 2 is 1.85 bits per heavy atom. The van der Waals surface area contributed by atoms with Crippen LogP contribution in [-0.4, -0.2) is 18.0 Å². The van der Waals surface area contributed by atoms with E-state index in [1.165, 1.54) is 7.05 Å². The van der Waals surface area contributed by atoms with E-state index in [-0.39, 0.29) is 0 Å². The van der Waals surface area contributed by atoms with Crippen molar-refractivity contribution in [2.24, 2.45) is 5.29 Å². The molecule has 1 amide bonds. The van der Waals surface area contributed by atoms with Crippen molar-refractivity contribution in [1.82, 2.24) is 5.01 Å². The van der Waals surface area contributed by atoms with Crippen LogP contribution in [0.25, 0.3) is 0 Å². The van der Waals surface area contributed by atoms with E-state index in [0.29, 0.717) is 5.56 Å². The summed E-state index contributed by atoms with van der Waals surface area (Å²) in [6.07, 6.45) is 0. The van der Waals surface area contributed by atoms with Crippen LogP contribution in [0, 0.1) is 11.8 Å². The monoisotopic (exact) mass is 178 g/mol. The fraction of sp³-hybridized carbons (Fsp3) is 0.222. The number of rotatable bonds is 2. The summed E-state index contributed by atoms with van der Waals surface area (Å²) in [5.74, 6) is -0.394. The molecule has 0 aliphatic heterocycles. The number of carbonyl (C=O) groups excluding carboxylic acids is 1. The maximum atomic E-state index is 11.3. The molecular formula is C9H10N2O2. The molecule has 0 saturated heterocycles. The number of carbonyl (C=O) groups is 1. The first kappa shape index (κ1) is 9.38.